The highest BCUT2D eigenvalue weighted by Crippen LogP contribution is 2.29. The zero-order valence-electron chi connectivity index (χ0n) is 15.6. The standard InChI is InChI=1S/C22H18ClN3O2S/c1-24-29(27,28)21-5-3-2-4-18(21)16-9-12-19-20(14-16)26-22(25-19)13-8-15-6-10-17(23)11-7-15/h2-14,24H,1H3,(H,25,26). The van der Waals surface area contributed by atoms with Crippen molar-refractivity contribution in [1.29, 1.82) is 0 Å². The number of imidazole rings is 1. The van der Waals surface area contributed by atoms with E-state index in [1.807, 2.05) is 60.7 Å². The van der Waals surface area contributed by atoms with Gasteiger partial charge in [-0.2, -0.15) is 0 Å². The first-order valence-electron chi connectivity index (χ1n) is 8.93. The predicted molar refractivity (Wildman–Crippen MR) is 118 cm³/mol. The highest BCUT2D eigenvalue weighted by Gasteiger charge is 2.17. The van der Waals surface area contributed by atoms with Gasteiger partial charge in [0.25, 0.3) is 0 Å². The minimum Gasteiger partial charge on any atom is -0.338 e. The van der Waals surface area contributed by atoms with Crippen molar-refractivity contribution in [3.05, 3.63) is 83.1 Å². The normalized spacial score (nSPS) is 12.1. The van der Waals surface area contributed by atoms with Crippen LogP contribution in [-0.2, 0) is 10.0 Å². The van der Waals surface area contributed by atoms with Crippen LogP contribution in [0.5, 0.6) is 0 Å². The molecule has 0 radical (unpaired) electrons. The summed E-state index contributed by atoms with van der Waals surface area (Å²) in [6.07, 6.45) is 3.84. The number of nitrogens with one attached hydrogen (secondary N) is 2. The van der Waals surface area contributed by atoms with Gasteiger partial charge in [0.1, 0.15) is 5.82 Å². The third-order valence-corrected chi connectivity index (χ3v) is 6.28. The summed E-state index contributed by atoms with van der Waals surface area (Å²) in [6.45, 7) is 0. The molecular formula is C22H18ClN3O2S. The smallest absolute Gasteiger partial charge is 0.240 e. The molecule has 0 fully saturated rings. The summed E-state index contributed by atoms with van der Waals surface area (Å²) < 4.78 is 27.1. The molecule has 4 aromatic rings. The monoisotopic (exact) mass is 423 g/mol. The lowest BCUT2D eigenvalue weighted by Gasteiger charge is -2.09. The Morgan fingerprint density at radius 3 is 2.52 bits per heavy atom. The predicted octanol–water partition coefficient (Wildman–Crippen LogP) is 4.96. The van der Waals surface area contributed by atoms with E-state index in [-0.39, 0.29) is 4.90 Å². The summed E-state index contributed by atoms with van der Waals surface area (Å²) in [5.74, 6) is 0.711. The molecule has 5 nitrogen and oxygen atoms in total. The van der Waals surface area contributed by atoms with Gasteiger partial charge in [-0.05, 0) is 54.6 Å². The van der Waals surface area contributed by atoms with Crippen LogP contribution in [0.4, 0.5) is 0 Å². The molecule has 2 N–H and O–H groups in total. The van der Waals surface area contributed by atoms with Crippen molar-refractivity contribution in [3.63, 3.8) is 0 Å². The highest BCUT2D eigenvalue weighted by molar-refractivity contribution is 7.89. The van der Waals surface area contributed by atoms with E-state index in [1.54, 1.807) is 18.2 Å². The van der Waals surface area contributed by atoms with Gasteiger partial charge in [-0.25, -0.2) is 18.1 Å². The van der Waals surface area contributed by atoms with E-state index in [0.717, 1.165) is 22.2 Å². The Hall–Kier alpha value is -2.93. The molecule has 0 spiro atoms. The summed E-state index contributed by atoms with van der Waals surface area (Å²) in [4.78, 5) is 8.08. The van der Waals surface area contributed by atoms with E-state index >= 15 is 0 Å². The fraction of sp³-hybridized carbons (Fsp3) is 0.0455. The average Bonchev–Trinajstić information content (AvgIpc) is 3.15. The molecule has 0 unspecified atom stereocenters. The van der Waals surface area contributed by atoms with Crippen LogP contribution in [0.15, 0.2) is 71.6 Å². The van der Waals surface area contributed by atoms with Gasteiger partial charge >= 0.3 is 0 Å². The second-order valence-electron chi connectivity index (χ2n) is 6.44. The Kier molecular flexibility index (Phi) is 5.24. The van der Waals surface area contributed by atoms with Crippen molar-refractivity contribution in [2.45, 2.75) is 4.90 Å². The Labute approximate surface area is 174 Å². The zero-order chi connectivity index (χ0) is 20.4. The molecule has 29 heavy (non-hydrogen) atoms. The maximum absolute atomic E-state index is 12.4. The summed E-state index contributed by atoms with van der Waals surface area (Å²) in [5, 5.41) is 0.694. The molecule has 7 heteroatoms. The fourth-order valence-corrected chi connectivity index (χ4v) is 4.15. The minimum atomic E-state index is -3.56. The summed E-state index contributed by atoms with van der Waals surface area (Å²) in [7, 11) is -2.16. The third-order valence-electron chi connectivity index (χ3n) is 4.56. The van der Waals surface area contributed by atoms with E-state index in [9.17, 15) is 8.42 Å². The summed E-state index contributed by atoms with van der Waals surface area (Å²) >= 11 is 5.91. The minimum absolute atomic E-state index is 0.240. The van der Waals surface area contributed by atoms with Crippen molar-refractivity contribution >= 4 is 44.8 Å². The summed E-state index contributed by atoms with van der Waals surface area (Å²) in [5.41, 5.74) is 4.08. The largest absolute Gasteiger partial charge is 0.338 e. The van der Waals surface area contributed by atoms with Gasteiger partial charge in [-0.15, -0.1) is 0 Å². The SMILES string of the molecule is CNS(=O)(=O)c1ccccc1-c1ccc2nc(C=Cc3ccc(Cl)cc3)[nH]c2c1. The number of sulfonamides is 1. The number of fused-ring (bicyclic) bond motifs is 1. The number of hydrogen-bond donors (Lipinski definition) is 2. The first-order valence-corrected chi connectivity index (χ1v) is 10.8. The molecule has 0 atom stereocenters. The molecule has 4 rings (SSSR count). The first-order chi connectivity index (χ1) is 14.0. The number of hydrogen-bond acceptors (Lipinski definition) is 3. The molecule has 1 aromatic heterocycles. The second-order valence-corrected chi connectivity index (χ2v) is 8.73. The second kappa shape index (κ2) is 7.83. The number of rotatable bonds is 5. The Balaban J connectivity index is 1.71. The lowest BCUT2D eigenvalue weighted by atomic mass is 10.1. The molecule has 1 heterocycles. The van der Waals surface area contributed by atoms with Crippen molar-refractivity contribution in [3.8, 4) is 11.1 Å². The lowest BCUT2D eigenvalue weighted by Crippen LogP contribution is -2.19. The molecule has 0 aliphatic heterocycles. The molecule has 0 bridgehead atoms. The van der Waals surface area contributed by atoms with Crippen molar-refractivity contribution < 1.29 is 8.42 Å². The molecule has 0 saturated heterocycles. The van der Waals surface area contributed by atoms with Crippen LogP contribution >= 0.6 is 11.6 Å². The van der Waals surface area contributed by atoms with Crippen molar-refractivity contribution in [1.82, 2.24) is 14.7 Å². The van der Waals surface area contributed by atoms with Gasteiger partial charge in [0, 0.05) is 10.6 Å². The van der Waals surface area contributed by atoms with Gasteiger partial charge in [-0.3, -0.25) is 0 Å². The molecule has 0 amide bonds. The van der Waals surface area contributed by atoms with Crippen LogP contribution in [0.2, 0.25) is 5.02 Å². The van der Waals surface area contributed by atoms with Crippen LogP contribution in [-0.4, -0.2) is 25.4 Å². The van der Waals surface area contributed by atoms with Crippen LogP contribution in [0, 0.1) is 0 Å². The third kappa shape index (κ3) is 4.10. The topological polar surface area (TPSA) is 74.8 Å². The van der Waals surface area contributed by atoms with E-state index in [2.05, 4.69) is 14.7 Å². The maximum Gasteiger partial charge on any atom is 0.240 e. The first kappa shape index (κ1) is 19.4. The fourth-order valence-electron chi connectivity index (χ4n) is 3.07. The molecule has 0 aliphatic rings. The molecular weight excluding hydrogens is 406 g/mol. The Bertz CT molecular complexity index is 1310. The van der Waals surface area contributed by atoms with Crippen molar-refractivity contribution in [2.24, 2.45) is 0 Å². The van der Waals surface area contributed by atoms with Gasteiger partial charge in [-0.1, -0.05) is 54.1 Å². The Morgan fingerprint density at radius 1 is 1.00 bits per heavy atom. The van der Waals surface area contributed by atoms with Gasteiger partial charge < -0.3 is 4.98 Å². The number of benzene rings is 3. The maximum atomic E-state index is 12.4. The number of halogens is 1. The zero-order valence-corrected chi connectivity index (χ0v) is 17.1. The molecule has 0 aliphatic carbocycles. The Morgan fingerprint density at radius 2 is 1.76 bits per heavy atom. The van der Waals surface area contributed by atoms with E-state index in [4.69, 9.17) is 11.6 Å². The number of nitrogens with zero attached hydrogens (tertiary/aromatic N) is 1. The van der Waals surface area contributed by atoms with Crippen LogP contribution in [0.25, 0.3) is 34.3 Å². The highest BCUT2D eigenvalue weighted by atomic mass is 35.5. The van der Waals surface area contributed by atoms with E-state index in [0.29, 0.717) is 16.4 Å². The lowest BCUT2D eigenvalue weighted by molar-refractivity contribution is 0.588. The quantitative estimate of drug-likeness (QED) is 0.476. The molecule has 146 valence electrons. The summed E-state index contributed by atoms with van der Waals surface area (Å²) in [6, 6.07) is 20.1. The number of H-pyrrole nitrogens is 1. The van der Waals surface area contributed by atoms with Gasteiger partial charge in [0.05, 0.1) is 15.9 Å². The van der Waals surface area contributed by atoms with Crippen molar-refractivity contribution in [2.75, 3.05) is 7.05 Å². The van der Waals surface area contributed by atoms with Gasteiger partial charge in [0.2, 0.25) is 10.0 Å². The molecule has 0 saturated carbocycles. The van der Waals surface area contributed by atoms with Crippen LogP contribution in [0.1, 0.15) is 11.4 Å². The van der Waals surface area contributed by atoms with E-state index < -0.39 is 10.0 Å². The van der Waals surface area contributed by atoms with Gasteiger partial charge in [0.15, 0.2) is 0 Å². The van der Waals surface area contributed by atoms with Crippen LogP contribution < -0.4 is 4.72 Å². The van der Waals surface area contributed by atoms with E-state index in [1.165, 1.54) is 7.05 Å². The van der Waals surface area contributed by atoms with Crippen LogP contribution in [0.3, 0.4) is 0 Å². The average molecular weight is 424 g/mol. The molecule has 3 aromatic carbocycles. The number of aromatic nitrogens is 2. The number of aromatic amines is 1.